The van der Waals surface area contributed by atoms with E-state index in [4.69, 9.17) is 14.2 Å². The van der Waals surface area contributed by atoms with E-state index < -0.39 is 55.4 Å². The third-order valence-corrected chi connectivity index (χ3v) is 5.41. The number of hydrogen-bond acceptors (Lipinski definition) is 8. The molecule has 5 N–H and O–H groups in total. The van der Waals surface area contributed by atoms with Crippen molar-refractivity contribution in [3.8, 4) is 0 Å². The van der Waals surface area contributed by atoms with E-state index in [-0.39, 0.29) is 24.5 Å². The molecule has 0 spiro atoms. The number of rotatable bonds is 5. The minimum atomic E-state index is -1.22. The molecule has 0 amide bonds. The van der Waals surface area contributed by atoms with Crippen molar-refractivity contribution in [2.75, 3.05) is 13.2 Å². The van der Waals surface area contributed by atoms with E-state index in [2.05, 4.69) is 0 Å². The normalized spacial score (nSPS) is 48.7. The molecule has 0 saturated carbocycles. The first-order chi connectivity index (χ1) is 11.7. The van der Waals surface area contributed by atoms with E-state index in [0.717, 1.165) is 0 Å². The maximum absolute atomic E-state index is 10.7. The molecule has 25 heavy (non-hydrogen) atoms. The van der Waals surface area contributed by atoms with Crippen LogP contribution >= 0.6 is 0 Å². The zero-order valence-corrected chi connectivity index (χ0v) is 15.2. The summed E-state index contributed by atoms with van der Waals surface area (Å²) >= 11 is 0. The van der Waals surface area contributed by atoms with Crippen LogP contribution in [0.1, 0.15) is 27.7 Å². The van der Waals surface area contributed by atoms with Gasteiger partial charge >= 0.3 is 0 Å². The molecular weight excluding hydrogens is 332 g/mol. The predicted octanol–water partition coefficient (Wildman–Crippen LogP) is -1.14. The molecule has 8 heteroatoms. The standard InChI is InChI=1S/C17H32O8/c1-7(2)15-8(3)13(21)16(11(6-19)23-15)25-17-9(4)12(20)14(22)10(5-18)24-17/h7-22H,5-6H2,1-4H3/t8?,9?,10?,11?,12-,13-,14-,15+,16-,17+/m1/s1. The average Bonchev–Trinajstić information content (AvgIpc) is 2.58. The topological polar surface area (TPSA) is 129 Å². The lowest BCUT2D eigenvalue weighted by molar-refractivity contribution is -0.328. The van der Waals surface area contributed by atoms with Gasteiger partial charge in [-0.25, -0.2) is 0 Å². The molecule has 0 aromatic heterocycles. The lowest BCUT2D eigenvalue weighted by atomic mass is 9.83. The summed E-state index contributed by atoms with van der Waals surface area (Å²) < 4.78 is 17.3. The third kappa shape index (κ3) is 4.17. The van der Waals surface area contributed by atoms with E-state index in [0.29, 0.717) is 0 Å². The molecule has 2 fully saturated rings. The van der Waals surface area contributed by atoms with Crippen molar-refractivity contribution in [2.24, 2.45) is 17.8 Å². The molecule has 0 radical (unpaired) electrons. The second kappa shape index (κ2) is 8.58. The van der Waals surface area contributed by atoms with Gasteiger partial charge in [-0.3, -0.25) is 0 Å². The van der Waals surface area contributed by atoms with Gasteiger partial charge < -0.3 is 39.7 Å². The number of hydrogen-bond donors (Lipinski definition) is 5. The van der Waals surface area contributed by atoms with Crippen LogP contribution in [0.2, 0.25) is 0 Å². The Kier molecular flexibility index (Phi) is 7.20. The fourth-order valence-corrected chi connectivity index (χ4v) is 3.73. The zero-order valence-electron chi connectivity index (χ0n) is 15.2. The van der Waals surface area contributed by atoms with E-state index >= 15 is 0 Å². The summed E-state index contributed by atoms with van der Waals surface area (Å²) in [5, 5.41) is 49.7. The first-order valence-electron chi connectivity index (χ1n) is 8.95. The van der Waals surface area contributed by atoms with Gasteiger partial charge in [-0.2, -0.15) is 0 Å². The molecule has 0 aromatic carbocycles. The quantitative estimate of drug-likeness (QED) is 0.414. The van der Waals surface area contributed by atoms with Crippen LogP contribution in [0.3, 0.4) is 0 Å². The molecule has 2 saturated heterocycles. The minimum absolute atomic E-state index is 0.167. The predicted molar refractivity (Wildman–Crippen MR) is 87.6 cm³/mol. The second-order valence-corrected chi connectivity index (χ2v) is 7.58. The lowest BCUT2D eigenvalue weighted by Gasteiger charge is -2.48. The van der Waals surface area contributed by atoms with Crippen LogP contribution in [0.15, 0.2) is 0 Å². The first kappa shape index (κ1) is 21.0. The highest BCUT2D eigenvalue weighted by Crippen LogP contribution is 2.35. The van der Waals surface area contributed by atoms with Crippen LogP contribution in [0.4, 0.5) is 0 Å². The van der Waals surface area contributed by atoms with Crippen molar-refractivity contribution in [1.82, 2.24) is 0 Å². The molecule has 0 aliphatic carbocycles. The van der Waals surface area contributed by atoms with Crippen molar-refractivity contribution in [1.29, 1.82) is 0 Å². The zero-order chi connectivity index (χ0) is 18.9. The Hall–Kier alpha value is -0.320. The first-order valence-corrected chi connectivity index (χ1v) is 8.95. The molecule has 2 rings (SSSR count). The van der Waals surface area contributed by atoms with Gasteiger partial charge in [-0.05, 0) is 5.92 Å². The van der Waals surface area contributed by atoms with Crippen molar-refractivity contribution in [2.45, 2.75) is 76.7 Å². The number of aliphatic hydroxyl groups is 5. The fraction of sp³-hybridized carbons (Fsp3) is 1.00. The molecule has 0 aromatic rings. The van der Waals surface area contributed by atoms with Gasteiger partial charge in [0.05, 0.1) is 31.5 Å². The maximum Gasteiger partial charge on any atom is 0.163 e. The van der Waals surface area contributed by atoms with Crippen LogP contribution in [0, 0.1) is 17.8 Å². The average molecular weight is 364 g/mol. The SMILES string of the molecule is CC(C)[C@@H]1OC(CO)[C@@H](O[C@@H]2OC(CO)[C@@H](O)[C@H](O)C2C)[C@H](O)C1C. The Morgan fingerprint density at radius 1 is 0.840 bits per heavy atom. The molecule has 0 bridgehead atoms. The third-order valence-electron chi connectivity index (χ3n) is 5.41. The van der Waals surface area contributed by atoms with Crippen LogP contribution in [0.25, 0.3) is 0 Å². The Balaban J connectivity index is 2.14. The Morgan fingerprint density at radius 3 is 1.96 bits per heavy atom. The van der Waals surface area contributed by atoms with Gasteiger partial charge in [0.1, 0.15) is 24.4 Å². The summed E-state index contributed by atoms with van der Waals surface area (Å²) in [6, 6.07) is 0. The van der Waals surface area contributed by atoms with Crippen LogP contribution in [-0.4, -0.2) is 87.8 Å². The van der Waals surface area contributed by atoms with Crippen LogP contribution in [-0.2, 0) is 14.2 Å². The van der Waals surface area contributed by atoms with Crippen molar-refractivity contribution >= 4 is 0 Å². The van der Waals surface area contributed by atoms with E-state index in [1.165, 1.54) is 0 Å². The summed E-state index contributed by atoms with van der Waals surface area (Å²) in [5.41, 5.74) is 0. The summed E-state index contributed by atoms with van der Waals surface area (Å²) in [6.07, 6.45) is -6.95. The summed E-state index contributed by atoms with van der Waals surface area (Å²) in [6.45, 7) is 6.69. The summed E-state index contributed by atoms with van der Waals surface area (Å²) in [5.74, 6) is -0.626. The van der Waals surface area contributed by atoms with E-state index in [1.54, 1.807) is 6.92 Å². The van der Waals surface area contributed by atoms with Gasteiger partial charge in [-0.15, -0.1) is 0 Å². The summed E-state index contributed by atoms with van der Waals surface area (Å²) in [4.78, 5) is 0. The molecular formula is C17H32O8. The number of ether oxygens (including phenoxy) is 3. The highest BCUT2D eigenvalue weighted by molar-refractivity contribution is 4.94. The monoisotopic (exact) mass is 364 g/mol. The maximum atomic E-state index is 10.7. The lowest BCUT2D eigenvalue weighted by Crippen LogP contribution is -2.61. The second-order valence-electron chi connectivity index (χ2n) is 7.58. The van der Waals surface area contributed by atoms with Gasteiger partial charge in [0.15, 0.2) is 6.29 Å². The highest BCUT2D eigenvalue weighted by Gasteiger charge is 2.49. The van der Waals surface area contributed by atoms with Gasteiger partial charge in [0, 0.05) is 11.8 Å². The molecule has 148 valence electrons. The van der Waals surface area contributed by atoms with E-state index in [1.807, 2.05) is 20.8 Å². The summed E-state index contributed by atoms with van der Waals surface area (Å²) in [7, 11) is 0. The smallest absolute Gasteiger partial charge is 0.163 e. The van der Waals surface area contributed by atoms with Crippen LogP contribution in [0.5, 0.6) is 0 Å². The fourth-order valence-electron chi connectivity index (χ4n) is 3.73. The van der Waals surface area contributed by atoms with Crippen molar-refractivity contribution < 1.29 is 39.7 Å². The molecule has 8 nitrogen and oxygen atoms in total. The Bertz CT molecular complexity index is 415. The van der Waals surface area contributed by atoms with Gasteiger partial charge in [0.25, 0.3) is 0 Å². The van der Waals surface area contributed by atoms with Gasteiger partial charge in [0.2, 0.25) is 0 Å². The number of aliphatic hydroxyl groups excluding tert-OH is 5. The van der Waals surface area contributed by atoms with E-state index in [9.17, 15) is 25.5 Å². The van der Waals surface area contributed by atoms with Crippen LogP contribution < -0.4 is 0 Å². The molecule has 2 heterocycles. The van der Waals surface area contributed by atoms with Crippen molar-refractivity contribution in [3.63, 3.8) is 0 Å². The van der Waals surface area contributed by atoms with Gasteiger partial charge in [-0.1, -0.05) is 27.7 Å². The molecule has 2 aliphatic heterocycles. The van der Waals surface area contributed by atoms with Crippen molar-refractivity contribution in [3.05, 3.63) is 0 Å². The molecule has 4 unspecified atom stereocenters. The Morgan fingerprint density at radius 2 is 1.44 bits per heavy atom. The highest BCUT2D eigenvalue weighted by atomic mass is 16.7. The largest absolute Gasteiger partial charge is 0.394 e. The molecule has 10 atom stereocenters. The minimum Gasteiger partial charge on any atom is -0.394 e. The molecule has 2 aliphatic rings. The Labute approximate surface area is 148 Å².